The molecule has 3 rings (SSSR count). The standard InChI is InChI=1S/C18H21N3O4S/c22-18(19-14-5-7-15(8-6-14)21(23)24)13-20(11-16-3-1-9-25-16)12-17-4-2-10-26-17/h2,4-8,10,16H,1,3,9,11-13H2,(H,19,22)/p+1/t16-/m1/s1. The summed E-state index contributed by atoms with van der Waals surface area (Å²) in [5.74, 6) is -0.108. The van der Waals surface area contributed by atoms with Crippen LogP contribution < -0.4 is 10.2 Å². The summed E-state index contributed by atoms with van der Waals surface area (Å²) in [5.41, 5.74) is 0.569. The van der Waals surface area contributed by atoms with Crippen molar-refractivity contribution in [2.24, 2.45) is 0 Å². The number of thiophene rings is 1. The van der Waals surface area contributed by atoms with E-state index in [0.29, 0.717) is 12.2 Å². The van der Waals surface area contributed by atoms with Crippen molar-refractivity contribution in [1.82, 2.24) is 0 Å². The van der Waals surface area contributed by atoms with Gasteiger partial charge in [-0.05, 0) is 36.4 Å². The first-order valence-electron chi connectivity index (χ1n) is 8.62. The van der Waals surface area contributed by atoms with Gasteiger partial charge in [0.05, 0.1) is 9.80 Å². The summed E-state index contributed by atoms with van der Waals surface area (Å²) in [4.78, 5) is 25.1. The van der Waals surface area contributed by atoms with Gasteiger partial charge >= 0.3 is 0 Å². The minimum Gasteiger partial charge on any atom is -0.372 e. The largest absolute Gasteiger partial charge is 0.372 e. The third kappa shape index (κ3) is 5.35. The topological polar surface area (TPSA) is 85.9 Å². The number of nitrogens with one attached hydrogen (secondary N) is 2. The van der Waals surface area contributed by atoms with E-state index in [0.717, 1.165) is 37.4 Å². The van der Waals surface area contributed by atoms with Gasteiger partial charge in [-0.1, -0.05) is 6.07 Å². The van der Waals surface area contributed by atoms with Gasteiger partial charge in [0.25, 0.3) is 11.6 Å². The molecule has 7 nitrogen and oxygen atoms in total. The van der Waals surface area contributed by atoms with Gasteiger partial charge in [-0.3, -0.25) is 14.9 Å². The normalized spacial score (nSPS) is 17.8. The SMILES string of the molecule is O=C(C[NH+](Cc1cccs1)C[C@H]1CCCO1)Nc1ccc([N+](=O)[O-])cc1. The van der Waals surface area contributed by atoms with E-state index in [4.69, 9.17) is 4.74 Å². The molecule has 0 radical (unpaired) electrons. The Morgan fingerprint density at radius 2 is 2.15 bits per heavy atom. The lowest BCUT2D eigenvalue weighted by Crippen LogP contribution is -3.12. The van der Waals surface area contributed by atoms with Crippen molar-refractivity contribution in [3.8, 4) is 0 Å². The van der Waals surface area contributed by atoms with Gasteiger partial charge in [0, 0.05) is 24.4 Å². The smallest absolute Gasteiger partial charge is 0.279 e. The fourth-order valence-electron chi connectivity index (χ4n) is 3.09. The lowest BCUT2D eigenvalue weighted by atomic mass is 10.2. The molecule has 1 aromatic carbocycles. The summed E-state index contributed by atoms with van der Waals surface area (Å²) in [6, 6.07) is 9.97. The van der Waals surface area contributed by atoms with Gasteiger partial charge in [-0.15, -0.1) is 11.3 Å². The lowest BCUT2D eigenvalue weighted by Gasteiger charge is -2.21. The molecule has 138 valence electrons. The van der Waals surface area contributed by atoms with E-state index in [2.05, 4.69) is 11.4 Å². The zero-order valence-corrected chi connectivity index (χ0v) is 15.2. The first kappa shape index (κ1) is 18.5. The van der Waals surface area contributed by atoms with Gasteiger partial charge in [0.15, 0.2) is 6.54 Å². The summed E-state index contributed by atoms with van der Waals surface area (Å²) in [5, 5.41) is 15.6. The molecule has 1 aliphatic heterocycles. The van der Waals surface area contributed by atoms with Crippen molar-refractivity contribution < 1.29 is 19.4 Å². The van der Waals surface area contributed by atoms with Crippen LogP contribution in [0.25, 0.3) is 0 Å². The number of rotatable bonds is 8. The van der Waals surface area contributed by atoms with E-state index in [9.17, 15) is 14.9 Å². The molecular formula is C18H22N3O4S+. The highest BCUT2D eigenvalue weighted by Gasteiger charge is 2.24. The summed E-state index contributed by atoms with van der Waals surface area (Å²) in [6.07, 6.45) is 2.32. The molecule has 2 aromatic rings. The third-order valence-corrected chi connectivity index (χ3v) is 5.19. The molecule has 2 heterocycles. The average molecular weight is 376 g/mol. The van der Waals surface area contributed by atoms with Gasteiger partial charge in [-0.25, -0.2) is 0 Å². The molecule has 26 heavy (non-hydrogen) atoms. The van der Waals surface area contributed by atoms with Crippen molar-refractivity contribution in [2.75, 3.05) is 25.0 Å². The van der Waals surface area contributed by atoms with E-state index in [1.165, 1.54) is 17.0 Å². The number of quaternary nitrogens is 1. The first-order valence-corrected chi connectivity index (χ1v) is 9.50. The van der Waals surface area contributed by atoms with Crippen LogP contribution in [-0.4, -0.2) is 36.6 Å². The number of hydrogen-bond donors (Lipinski definition) is 2. The Morgan fingerprint density at radius 3 is 2.77 bits per heavy atom. The van der Waals surface area contributed by atoms with E-state index >= 15 is 0 Å². The molecule has 2 N–H and O–H groups in total. The zero-order valence-electron chi connectivity index (χ0n) is 14.3. The lowest BCUT2D eigenvalue weighted by molar-refractivity contribution is -0.908. The summed E-state index contributed by atoms with van der Waals surface area (Å²) in [6.45, 7) is 2.71. The molecule has 0 spiro atoms. The molecule has 1 fully saturated rings. The molecule has 0 aliphatic carbocycles. The molecule has 1 aromatic heterocycles. The van der Waals surface area contributed by atoms with E-state index in [1.807, 2.05) is 11.4 Å². The predicted molar refractivity (Wildman–Crippen MR) is 99.4 cm³/mol. The van der Waals surface area contributed by atoms with E-state index in [-0.39, 0.29) is 17.7 Å². The van der Waals surface area contributed by atoms with E-state index in [1.54, 1.807) is 23.5 Å². The Kier molecular flexibility index (Phi) is 6.32. The van der Waals surface area contributed by atoms with Crippen LogP contribution in [-0.2, 0) is 16.1 Å². The number of benzene rings is 1. The van der Waals surface area contributed by atoms with Crippen LogP contribution in [0.3, 0.4) is 0 Å². The van der Waals surface area contributed by atoms with Crippen LogP contribution in [0, 0.1) is 10.1 Å². The molecule has 1 unspecified atom stereocenters. The summed E-state index contributed by atoms with van der Waals surface area (Å²) < 4.78 is 5.73. The third-order valence-electron chi connectivity index (χ3n) is 4.32. The van der Waals surface area contributed by atoms with Crippen LogP contribution in [0.2, 0.25) is 0 Å². The number of carbonyl (C=O) groups is 1. The van der Waals surface area contributed by atoms with Crippen molar-refractivity contribution in [2.45, 2.75) is 25.5 Å². The molecule has 8 heteroatoms. The average Bonchev–Trinajstić information content (AvgIpc) is 3.29. The van der Waals surface area contributed by atoms with Crippen molar-refractivity contribution >= 4 is 28.6 Å². The highest BCUT2D eigenvalue weighted by molar-refractivity contribution is 7.09. The second kappa shape index (κ2) is 8.88. The maximum absolute atomic E-state index is 12.4. The fraction of sp³-hybridized carbons (Fsp3) is 0.389. The molecule has 1 amide bonds. The second-order valence-corrected chi connectivity index (χ2v) is 7.41. The Bertz CT molecular complexity index is 727. The fourth-order valence-corrected chi connectivity index (χ4v) is 3.87. The Labute approximate surface area is 155 Å². The molecule has 0 saturated carbocycles. The van der Waals surface area contributed by atoms with Crippen LogP contribution in [0.15, 0.2) is 41.8 Å². The molecular weight excluding hydrogens is 354 g/mol. The highest BCUT2D eigenvalue weighted by atomic mass is 32.1. The number of carbonyl (C=O) groups excluding carboxylic acids is 1. The number of ether oxygens (including phenoxy) is 1. The Morgan fingerprint density at radius 1 is 1.35 bits per heavy atom. The maximum Gasteiger partial charge on any atom is 0.279 e. The minimum atomic E-state index is -0.458. The summed E-state index contributed by atoms with van der Waals surface area (Å²) >= 11 is 1.69. The number of nitro benzene ring substituents is 1. The van der Waals surface area contributed by atoms with Gasteiger partial charge in [0.1, 0.15) is 19.2 Å². The zero-order chi connectivity index (χ0) is 18.4. The quantitative estimate of drug-likeness (QED) is 0.544. The van der Waals surface area contributed by atoms with Crippen LogP contribution in [0.4, 0.5) is 11.4 Å². The van der Waals surface area contributed by atoms with E-state index < -0.39 is 4.92 Å². The van der Waals surface area contributed by atoms with Gasteiger partial charge in [0.2, 0.25) is 0 Å². The van der Waals surface area contributed by atoms with Gasteiger partial charge in [-0.2, -0.15) is 0 Å². The van der Waals surface area contributed by atoms with Gasteiger partial charge < -0.3 is 15.0 Å². The van der Waals surface area contributed by atoms with Crippen molar-refractivity contribution in [1.29, 1.82) is 0 Å². The minimum absolute atomic E-state index is 0.00586. The molecule has 2 atom stereocenters. The highest BCUT2D eigenvalue weighted by Crippen LogP contribution is 2.15. The first-order chi connectivity index (χ1) is 12.6. The predicted octanol–water partition coefficient (Wildman–Crippen LogP) is 1.86. The van der Waals surface area contributed by atoms with Crippen molar-refractivity contribution in [3.05, 3.63) is 56.8 Å². The summed E-state index contributed by atoms with van der Waals surface area (Å²) in [7, 11) is 0. The van der Waals surface area contributed by atoms with Crippen molar-refractivity contribution in [3.63, 3.8) is 0 Å². The molecule has 1 aliphatic rings. The monoisotopic (exact) mass is 376 g/mol. The number of non-ortho nitro benzene ring substituents is 1. The number of nitrogens with zero attached hydrogens (tertiary/aromatic N) is 1. The maximum atomic E-state index is 12.4. The Balaban J connectivity index is 1.58. The van der Waals surface area contributed by atoms with Crippen LogP contribution in [0.5, 0.6) is 0 Å². The number of nitro groups is 1. The molecule has 1 saturated heterocycles. The molecule has 0 bridgehead atoms. The second-order valence-electron chi connectivity index (χ2n) is 6.37. The van der Waals surface area contributed by atoms with Crippen LogP contribution >= 0.6 is 11.3 Å². The number of hydrogen-bond acceptors (Lipinski definition) is 5. The number of amides is 1. The Hall–Kier alpha value is -2.29. The van der Waals surface area contributed by atoms with Crippen LogP contribution in [0.1, 0.15) is 17.7 Å². The number of anilines is 1.